The van der Waals surface area contributed by atoms with E-state index in [1.807, 2.05) is 30.3 Å². The standard InChI is InChI=1S/C14H14N2O3/c1-9-13(12-7-5-4-6-8-12)19-14(15-10(2)17)16(9)11(3)18/h4-8H,1-3H3. The van der Waals surface area contributed by atoms with Crippen LogP contribution in [0.4, 0.5) is 0 Å². The van der Waals surface area contributed by atoms with Gasteiger partial charge in [-0.1, -0.05) is 30.3 Å². The molecule has 1 amide bonds. The van der Waals surface area contributed by atoms with E-state index in [-0.39, 0.29) is 11.6 Å². The van der Waals surface area contributed by atoms with E-state index in [1.165, 1.54) is 18.4 Å². The zero-order chi connectivity index (χ0) is 14.0. The molecule has 0 unspecified atom stereocenters. The van der Waals surface area contributed by atoms with E-state index in [0.717, 1.165) is 5.56 Å². The molecule has 0 saturated carbocycles. The van der Waals surface area contributed by atoms with E-state index in [4.69, 9.17) is 4.42 Å². The lowest BCUT2D eigenvalue weighted by Crippen LogP contribution is -2.23. The Bertz CT molecular complexity index is 693. The van der Waals surface area contributed by atoms with Crippen molar-refractivity contribution < 1.29 is 14.0 Å². The molecular formula is C14H14N2O3. The molecule has 2 aromatic rings. The predicted molar refractivity (Wildman–Crippen MR) is 69.4 cm³/mol. The van der Waals surface area contributed by atoms with Gasteiger partial charge in [0.15, 0.2) is 5.76 Å². The summed E-state index contributed by atoms with van der Waals surface area (Å²) >= 11 is 0. The smallest absolute Gasteiger partial charge is 0.312 e. The Morgan fingerprint density at radius 3 is 2.32 bits per heavy atom. The molecule has 1 aromatic heterocycles. The third-order valence-corrected chi connectivity index (χ3v) is 2.65. The quantitative estimate of drug-likeness (QED) is 0.787. The maximum Gasteiger partial charge on any atom is 0.312 e. The van der Waals surface area contributed by atoms with Crippen LogP contribution in [0.5, 0.6) is 0 Å². The predicted octanol–water partition coefficient (Wildman–Crippen LogP) is 2.16. The highest BCUT2D eigenvalue weighted by molar-refractivity contribution is 5.79. The van der Waals surface area contributed by atoms with Gasteiger partial charge in [-0.25, -0.2) is 4.57 Å². The van der Waals surface area contributed by atoms with Crippen molar-refractivity contribution in [2.75, 3.05) is 0 Å². The highest BCUT2D eigenvalue weighted by Gasteiger charge is 2.16. The minimum Gasteiger partial charge on any atom is -0.423 e. The van der Waals surface area contributed by atoms with E-state index in [0.29, 0.717) is 11.5 Å². The van der Waals surface area contributed by atoms with Crippen LogP contribution in [-0.2, 0) is 4.79 Å². The summed E-state index contributed by atoms with van der Waals surface area (Å²) in [4.78, 5) is 26.5. The molecule has 0 radical (unpaired) electrons. The lowest BCUT2D eigenvalue weighted by Gasteiger charge is -1.99. The molecule has 1 heterocycles. The number of aromatic nitrogens is 1. The van der Waals surface area contributed by atoms with Gasteiger partial charge >= 0.3 is 5.68 Å². The van der Waals surface area contributed by atoms with E-state index < -0.39 is 5.91 Å². The number of amides is 1. The number of hydrogen-bond donors (Lipinski definition) is 0. The first kappa shape index (κ1) is 13.0. The second-order valence-electron chi connectivity index (χ2n) is 4.15. The SMILES string of the molecule is CC(=O)N=c1oc(-c2ccccc2)c(C)n1C(C)=O. The van der Waals surface area contributed by atoms with Crippen LogP contribution < -0.4 is 5.68 Å². The normalized spacial score (nSPS) is 11.6. The second-order valence-corrected chi connectivity index (χ2v) is 4.15. The van der Waals surface area contributed by atoms with Crippen molar-refractivity contribution in [3.8, 4) is 11.3 Å². The van der Waals surface area contributed by atoms with Gasteiger partial charge in [0.1, 0.15) is 0 Å². The number of benzene rings is 1. The van der Waals surface area contributed by atoms with Crippen LogP contribution in [0.3, 0.4) is 0 Å². The van der Waals surface area contributed by atoms with Crippen molar-refractivity contribution >= 4 is 11.8 Å². The summed E-state index contributed by atoms with van der Waals surface area (Å²) in [6.45, 7) is 4.47. The number of oxazole rings is 1. The van der Waals surface area contributed by atoms with Gasteiger partial charge in [0.2, 0.25) is 11.8 Å². The Hall–Kier alpha value is -2.43. The molecule has 0 N–H and O–H groups in total. The lowest BCUT2D eigenvalue weighted by atomic mass is 10.1. The Morgan fingerprint density at radius 1 is 1.16 bits per heavy atom. The van der Waals surface area contributed by atoms with Gasteiger partial charge in [0.25, 0.3) is 0 Å². The Morgan fingerprint density at radius 2 is 1.79 bits per heavy atom. The van der Waals surface area contributed by atoms with Gasteiger partial charge in [-0.15, -0.1) is 0 Å². The van der Waals surface area contributed by atoms with Crippen LogP contribution in [-0.4, -0.2) is 16.4 Å². The zero-order valence-corrected chi connectivity index (χ0v) is 11.0. The first-order chi connectivity index (χ1) is 9.00. The molecule has 0 aliphatic heterocycles. The summed E-state index contributed by atoms with van der Waals surface area (Å²) in [6.07, 6.45) is 0. The molecule has 0 spiro atoms. The van der Waals surface area contributed by atoms with Crippen molar-refractivity contribution in [2.45, 2.75) is 20.8 Å². The summed E-state index contributed by atoms with van der Waals surface area (Å²) in [5, 5.41) is 0. The Balaban J connectivity index is 2.73. The van der Waals surface area contributed by atoms with Gasteiger partial charge in [0.05, 0.1) is 5.69 Å². The van der Waals surface area contributed by atoms with Gasteiger partial charge in [-0.05, 0) is 6.92 Å². The fraction of sp³-hybridized carbons (Fsp3) is 0.214. The molecule has 0 saturated heterocycles. The van der Waals surface area contributed by atoms with E-state index in [2.05, 4.69) is 4.99 Å². The molecule has 0 aliphatic carbocycles. The maximum absolute atomic E-state index is 11.6. The van der Waals surface area contributed by atoms with Gasteiger partial charge < -0.3 is 4.42 Å². The lowest BCUT2D eigenvalue weighted by molar-refractivity contribution is -0.116. The number of carbonyl (C=O) groups excluding carboxylic acids is 2. The van der Waals surface area contributed by atoms with Crippen LogP contribution >= 0.6 is 0 Å². The van der Waals surface area contributed by atoms with Crippen molar-refractivity contribution in [1.82, 2.24) is 4.57 Å². The second kappa shape index (κ2) is 5.06. The van der Waals surface area contributed by atoms with Crippen molar-refractivity contribution in [3.63, 3.8) is 0 Å². The molecular weight excluding hydrogens is 244 g/mol. The van der Waals surface area contributed by atoms with Crippen LogP contribution in [0.1, 0.15) is 24.3 Å². The molecule has 0 bridgehead atoms. The third-order valence-electron chi connectivity index (χ3n) is 2.65. The topological polar surface area (TPSA) is 64.6 Å². The average molecular weight is 258 g/mol. The van der Waals surface area contributed by atoms with Gasteiger partial charge in [-0.3, -0.25) is 9.59 Å². The highest BCUT2D eigenvalue weighted by atomic mass is 16.4. The first-order valence-electron chi connectivity index (χ1n) is 5.85. The number of rotatable bonds is 1. The van der Waals surface area contributed by atoms with Crippen molar-refractivity contribution in [3.05, 3.63) is 41.7 Å². The molecule has 1 aromatic carbocycles. The fourth-order valence-electron chi connectivity index (χ4n) is 1.89. The number of nitrogens with zero attached hydrogens (tertiary/aromatic N) is 2. The van der Waals surface area contributed by atoms with Crippen molar-refractivity contribution in [2.24, 2.45) is 4.99 Å². The average Bonchev–Trinajstić information content (AvgIpc) is 2.66. The van der Waals surface area contributed by atoms with Crippen LogP contribution in [0.15, 0.2) is 39.7 Å². The summed E-state index contributed by atoms with van der Waals surface area (Å²) in [5.41, 5.74) is 1.47. The van der Waals surface area contributed by atoms with Crippen LogP contribution in [0.2, 0.25) is 0 Å². The molecule has 2 rings (SSSR count). The maximum atomic E-state index is 11.6. The molecule has 98 valence electrons. The Labute approximate surface area is 110 Å². The summed E-state index contributed by atoms with van der Waals surface area (Å²) in [7, 11) is 0. The number of carbonyl (C=O) groups is 2. The van der Waals surface area contributed by atoms with Gasteiger partial charge in [0, 0.05) is 19.4 Å². The number of hydrogen-bond acceptors (Lipinski definition) is 3. The third kappa shape index (κ3) is 2.54. The minimum atomic E-state index is -0.414. The highest BCUT2D eigenvalue weighted by Crippen LogP contribution is 2.21. The van der Waals surface area contributed by atoms with E-state index >= 15 is 0 Å². The summed E-state index contributed by atoms with van der Waals surface area (Å²) in [6, 6.07) is 9.37. The zero-order valence-electron chi connectivity index (χ0n) is 11.0. The molecule has 19 heavy (non-hydrogen) atoms. The molecule has 5 heteroatoms. The largest absolute Gasteiger partial charge is 0.423 e. The summed E-state index contributed by atoms with van der Waals surface area (Å²) < 4.78 is 6.85. The van der Waals surface area contributed by atoms with E-state index in [9.17, 15) is 9.59 Å². The van der Waals surface area contributed by atoms with Crippen LogP contribution in [0, 0.1) is 6.92 Å². The molecule has 0 atom stereocenters. The van der Waals surface area contributed by atoms with Crippen LogP contribution in [0.25, 0.3) is 11.3 Å². The fourth-order valence-corrected chi connectivity index (χ4v) is 1.89. The van der Waals surface area contributed by atoms with E-state index in [1.54, 1.807) is 6.92 Å². The summed E-state index contributed by atoms with van der Waals surface area (Å²) in [5.74, 6) is -0.123. The minimum absolute atomic E-state index is 0.0105. The first-order valence-corrected chi connectivity index (χ1v) is 5.85. The van der Waals surface area contributed by atoms with Crippen molar-refractivity contribution in [1.29, 1.82) is 0 Å². The molecule has 0 fully saturated rings. The monoisotopic (exact) mass is 258 g/mol. The Kier molecular flexibility index (Phi) is 3.46. The van der Waals surface area contributed by atoms with Gasteiger partial charge in [-0.2, -0.15) is 4.99 Å². The molecule has 5 nitrogen and oxygen atoms in total. The molecule has 0 aliphatic rings.